The molecule has 0 unspecified atom stereocenters. The zero-order valence-electron chi connectivity index (χ0n) is 12.8. The fourth-order valence-electron chi connectivity index (χ4n) is 3.16. The maximum absolute atomic E-state index is 12.7. The Kier molecular flexibility index (Phi) is 4.60. The van der Waals surface area contributed by atoms with Gasteiger partial charge in [-0.15, -0.1) is 0 Å². The van der Waals surface area contributed by atoms with Gasteiger partial charge in [0.1, 0.15) is 0 Å². The number of aliphatic hydroxyl groups is 1. The van der Waals surface area contributed by atoms with Gasteiger partial charge >= 0.3 is 0 Å². The van der Waals surface area contributed by atoms with Crippen LogP contribution in [0.25, 0.3) is 6.08 Å². The molecule has 0 aliphatic heterocycles. The van der Waals surface area contributed by atoms with Crippen molar-refractivity contribution in [1.29, 1.82) is 0 Å². The number of nitrogens with two attached hydrogens (primary N) is 1. The number of carbonyl (C=O) groups is 1. The van der Waals surface area contributed by atoms with Crippen LogP contribution in [-0.2, 0) is 4.79 Å². The first-order chi connectivity index (χ1) is 10.6. The summed E-state index contributed by atoms with van der Waals surface area (Å²) in [4.78, 5) is 14.7. The second-order valence-electron chi connectivity index (χ2n) is 6.43. The number of hydrogen-bond acceptors (Lipinski definition) is 3. The molecule has 118 valence electrons. The molecule has 2 saturated carbocycles. The van der Waals surface area contributed by atoms with Gasteiger partial charge in [0.05, 0.1) is 6.10 Å². The highest BCUT2D eigenvalue weighted by atomic mass is 16.3. The first-order valence-corrected chi connectivity index (χ1v) is 8.11. The summed E-state index contributed by atoms with van der Waals surface area (Å²) in [7, 11) is 0. The number of rotatable bonds is 5. The number of carbonyl (C=O) groups excluding carboxylic acids is 1. The normalized spacial score (nSPS) is 28.2. The zero-order chi connectivity index (χ0) is 15.5. The number of amides is 1. The van der Waals surface area contributed by atoms with Crippen LogP contribution in [0.3, 0.4) is 0 Å². The van der Waals surface area contributed by atoms with Crippen molar-refractivity contribution < 1.29 is 9.90 Å². The SMILES string of the molecule is N[C@H]1C[C@H](C(=O)N(C/C=C/c2ccccc2)C2CC2)C[C@@H]1O. The Morgan fingerprint density at radius 1 is 1.27 bits per heavy atom. The molecular formula is C18H24N2O2. The van der Waals surface area contributed by atoms with E-state index in [0.29, 0.717) is 25.4 Å². The number of aliphatic hydroxyl groups excluding tert-OH is 1. The van der Waals surface area contributed by atoms with Crippen LogP contribution in [0.15, 0.2) is 36.4 Å². The summed E-state index contributed by atoms with van der Waals surface area (Å²) in [5, 5.41) is 9.77. The highest BCUT2D eigenvalue weighted by Crippen LogP contribution is 2.32. The van der Waals surface area contributed by atoms with Crippen LogP contribution in [0, 0.1) is 5.92 Å². The van der Waals surface area contributed by atoms with E-state index < -0.39 is 6.10 Å². The summed E-state index contributed by atoms with van der Waals surface area (Å²) in [5.41, 5.74) is 6.98. The molecule has 0 saturated heterocycles. The summed E-state index contributed by atoms with van der Waals surface area (Å²) in [6.07, 6.45) is 6.86. The van der Waals surface area contributed by atoms with E-state index in [1.807, 2.05) is 35.2 Å². The van der Waals surface area contributed by atoms with Crippen molar-refractivity contribution in [1.82, 2.24) is 4.90 Å². The highest BCUT2D eigenvalue weighted by Gasteiger charge is 2.40. The van der Waals surface area contributed by atoms with E-state index in [9.17, 15) is 9.90 Å². The Morgan fingerprint density at radius 2 is 2.00 bits per heavy atom. The molecule has 0 aromatic heterocycles. The van der Waals surface area contributed by atoms with Gasteiger partial charge in [0, 0.05) is 24.5 Å². The van der Waals surface area contributed by atoms with E-state index in [0.717, 1.165) is 18.4 Å². The zero-order valence-corrected chi connectivity index (χ0v) is 12.8. The lowest BCUT2D eigenvalue weighted by Gasteiger charge is -2.24. The van der Waals surface area contributed by atoms with E-state index in [2.05, 4.69) is 12.2 Å². The Morgan fingerprint density at radius 3 is 2.59 bits per heavy atom. The van der Waals surface area contributed by atoms with E-state index in [1.54, 1.807) is 0 Å². The molecule has 2 aliphatic carbocycles. The van der Waals surface area contributed by atoms with Crippen LogP contribution in [0.2, 0.25) is 0 Å². The molecule has 0 spiro atoms. The molecule has 1 amide bonds. The Balaban J connectivity index is 1.61. The Hall–Kier alpha value is -1.65. The number of benzene rings is 1. The maximum Gasteiger partial charge on any atom is 0.226 e. The van der Waals surface area contributed by atoms with Crippen molar-refractivity contribution in [2.24, 2.45) is 11.7 Å². The van der Waals surface area contributed by atoms with Gasteiger partial charge in [-0.2, -0.15) is 0 Å². The standard InChI is InChI=1S/C18H24N2O2/c19-16-11-14(12-17(16)21)18(22)20(15-8-9-15)10-4-7-13-5-2-1-3-6-13/h1-7,14-17,21H,8-12,19H2/b7-4+/t14-,16-,17-/m0/s1. The van der Waals surface area contributed by atoms with Crippen molar-refractivity contribution in [3.8, 4) is 0 Å². The summed E-state index contributed by atoms with van der Waals surface area (Å²) >= 11 is 0. The van der Waals surface area contributed by atoms with Crippen LogP contribution in [0.4, 0.5) is 0 Å². The molecule has 3 N–H and O–H groups in total. The van der Waals surface area contributed by atoms with Crippen molar-refractivity contribution in [3.63, 3.8) is 0 Å². The summed E-state index contributed by atoms with van der Waals surface area (Å²) in [5.74, 6) is 0.0444. The van der Waals surface area contributed by atoms with Crippen LogP contribution in [0.5, 0.6) is 0 Å². The fourth-order valence-corrected chi connectivity index (χ4v) is 3.16. The van der Waals surface area contributed by atoms with Gasteiger partial charge < -0.3 is 15.7 Å². The quantitative estimate of drug-likeness (QED) is 0.871. The molecule has 1 aromatic rings. The predicted octanol–water partition coefficient (Wildman–Crippen LogP) is 1.79. The van der Waals surface area contributed by atoms with Crippen LogP contribution in [-0.4, -0.2) is 40.6 Å². The third kappa shape index (κ3) is 3.57. The van der Waals surface area contributed by atoms with Gasteiger partial charge in [-0.05, 0) is 31.2 Å². The molecule has 1 aromatic carbocycles. The molecule has 4 nitrogen and oxygen atoms in total. The topological polar surface area (TPSA) is 66.6 Å². The molecule has 22 heavy (non-hydrogen) atoms. The lowest BCUT2D eigenvalue weighted by atomic mass is 10.1. The Labute approximate surface area is 131 Å². The molecule has 3 rings (SSSR count). The fraction of sp³-hybridized carbons (Fsp3) is 0.500. The summed E-state index contributed by atoms with van der Waals surface area (Å²) in [6, 6.07) is 10.2. The molecule has 2 aliphatic rings. The highest BCUT2D eigenvalue weighted by molar-refractivity contribution is 5.80. The first kappa shape index (κ1) is 15.3. The summed E-state index contributed by atoms with van der Waals surface area (Å²) < 4.78 is 0. The van der Waals surface area contributed by atoms with Gasteiger partial charge in [-0.1, -0.05) is 42.5 Å². The van der Waals surface area contributed by atoms with Gasteiger partial charge in [-0.3, -0.25) is 4.79 Å². The molecule has 2 fully saturated rings. The minimum Gasteiger partial charge on any atom is -0.391 e. The monoisotopic (exact) mass is 300 g/mol. The molecule has 0 bridgehead atoms. The molecule has 4 heteroatoms. The van der Waals surface area contributed by atoms with Crippen molar-refractivity contribution in [3.05, 3.63) is 42.0 Å². The average molecular weight is 300 g/mol. The van der Waals surface area contributed by atoms with Gasteiger partial charge in [0.25, 0.3) is 0 Å². The van der Waals surface area contributed by atoms with Crippen LogP contribution in [0.1, 0.15) is 31.2 Å². The average Bonchev–Trinajstić information content (AvgIpc) is 3.30. The first-order valence-electron chi connectivity index (χ1n) is 8.11. The van der Waals surface area contributed by atoms with E-state index in [-0.39, 0.29) is 17.9 Å². The van der Waals surface area contributed by atoms with Crippen LogP contribution >= 0.6 is 0 Å². The van der Waals surface area contributed by atoms with E-state index in [1.165, 1.54) is 0 Å². The number of hydrogen-bond donors (Lipinski definition) is 2. The van der Waals surface area contributed by atoms with Crippen molar-refractivity contribution in [2.75, 3.05) is 6.54 Å². The van der Waals surface area contributed by atoms with Gasteiger partial charge in [0.15, 0.2) is 0 Å². The molecule has 0 radical (unpaired) electrons. The van der Waals surface area contributed by atoms with Crippen molar-refractivity contribution >= 4 is 12.0 Å². The number of nitrogens with zero attached hydrogens (tertiary/aromatic N) is 1. The second-order valence-corrected chi connectivity index (χ2v) is 6.43. The maximum atomic E-state index is 12.7. The lowest BCUT2D eigenvalue weighted by Crippen LogP contribution is -2.37. The minimum atomic E-state index is -0.533. The third-order valence-electron chi connectivity index (χ3n) is 4.61. The smallest absolute Gasteiger partial charge is 0.226 e. The third-order valence-corrected chi connectivity index (χ3v) is 4.61. The summed E-state index contributed by atoms with van der Waals surface area (Å²) in [6.45, 7) is 0.639. The minimum absolute atomic E-state index is 0.115. The van der Waals surface area contributed by atoms with Crippen molar-refractivity contribution in [2.45, 2.75) is 43.9 Å². The van der Waals surface area contributed by atoms with Crippen LogP contribution < -0.4 is 5.73 Å². The van der Waals surface area contributed by atoms with Gasteiger partial charge in [-0.25, -0.2) is 0 Å². The molecule has 0 heterocycles. The van der Waals surface area contributed by atoms with E-state index in [4.69, 9.17) is 5.73 Å². The predicted molar refractivity (Wildman–Crippen MR) is 86.9 cm³/mol. The largest absolute Gasteiger partial charge is 0.391 e. The molecular weight excluding hydrogens is 276 g/mol. The van der Waals surface area contributed by atoms with Gasteiger partial charge in [0.2, 0.25) is 5.91 Å². The molecule has 3 atom stereocenters. The Bertz CT molecular complexity index is 529. The lowest BCUT2D eigenvalue weighted by molar-refractivity contribution is -0.135. The second kappa shape index (κ2) is 6.63. The van der Waals surface area contributed by atoms with E-state index >= 15 is 0 Å².